The number of H-pyrrole nitrogens is 1. The van der Waals surface area contributed by atoms with Gasteiger partial charge in [-0.3, -0.25) is 9.59 Å². The normalized spacial score (nSPS) is 17.6. The van der Waals surface area contributed by atoms with Crippen molar-refractivity contribution in [2.75, 3.05) is 26.9 Å². The number of nitrogens with zero attached hydrogens (tertiary/aromatic N) is 1. The van der Waals surface area contributed by atoms with E-state index in [2.05, 4.69) is 18.8 Å². The lowest BCUT2D eigenvalue weighted by Gasteiger charge is -2.25. The zero-order valence-electron chi connectivity index (χ0n) is 20.6. The number of aryl methyl sites for hydroxylation is 1. The molecule has 3 aromatic rings. The zero-order valence-corrected chi connectivity index (χ0v) is 20.6. The van der Waals surface area contributed by atoms with Crippen LogP contribution in [-0.2, 0) is 14.3 Å². The number of methoxy groups -OCH3 is 1. The van der Waals surface area contributed by atoms with E-state index in [1.165, 1.54) is 4.90 Å². The van der Waals surface area contributed by atoms with Crippen LogP contribution in [-0.4, -0.2) is 53.5 Å². The Bertz CT molecular complexity index is 1270. The van der Waals surface area contributed by atoms with Crippen LogP contribution in [0.2, 0.25) is 0 Å². The average molecular weight is 477 g/mol. The number of fused-ring (bicyclic) bond motifs is 1. The number of likely N-dealkylation sites (tertiary alicyclic amines) is 1. The van der Waals surface area contributed by atoms with Gasteiger partial charge in [0.05, 0.1) is 18.2 Å². The summed E-state index contributed by atoms with van der Waals surface area (Å²) in [6, 6.07) is 12.3. The lowest BCUT2D eigenvalue weighted by molar-refractivity contribution is -0.140. The van der Waals surface area contributed by atoms with Crippen molar-refractivity contribution in [3.05, 3.63) is 70.9 Å². The SMILES string of the molecule is COCCCN1C(=O)C(=O)/C(=C(/O)c2ccc(OCC(C)C)c(C)c2)C1c1c[nH]c2ccccc12. The third kappa shape index (κ3) is 4.82. The monoisotopic (exact) mass is 476 g/mol. The minimum absolute atomic E-state index is 0.0902. The van der Waals surface area contributed by atoms with Gasteiger partial charge in [0, 0.05) is 48.5 Å². The number of rotatable bonds is 9. The topological polar surface area (TPSA) is 91.9 Å². The van der Waals surface area contributed by atoms with Crippen molar-refractivity contribution < 1.29 is 24.2 Å². The van der Waals surface area contributed by atoms with E-state index in [1.54, 1.807) is 25.3 Å². The van der Waals surface area contributed by atoms with E-state index in [4.69, 9.17) is 9.47 Å². The highest BCUT2D eigenvalue weighted by molar-refractivity contribution is 6.46. The molecule has 35 heavy (non-hydrogen) atoms. The first-order chi connectivity index (χ1) is 16.8. The summed E-state index contributed by atoms with van der Waals surface area (Å²) in [6.07, 6.45) is 2.38. The summed E-state index contributed by atoms with van der Waals surface area (Å²) < 4.78 is 11.0. The second-order valence-corrected chi connectivity index (χ2v) is 9.31. The highest BCUT2D eigenvalue weighted by Crippen LogP contribution is 2.42. The molecule has 1 aliphatic heterocycles. The molecule has 7 heteroatoms. The van der Waals surface area contributed by atoms with Gasteiger partial charge in [-0.25, -0.2) is 0 Å². The molecule has 2 aromatic carbocycles. The van der Waals surface area contributed by atoms with Crippen molar-refractivity contribution in [3.8, 4) is 5.75 Å². The molecule has 7 nitrogen and oxygen atoms in total. The third-order valence-electron chi connectivity index (χ3n) is 6.22. The quantitative estimate of drug-likeness (QED) is 0.197. The van der Waals surface area contributed by atoms with Gasteiger partial charge in [-0.1, -0.05) is 32.0 Å². The van der Waals surface area contributed by atoms with E-state index in [-0.39, 0.29) is 11.3 Å². The number of aromatic nitrogens is 1. The molecule has 1 saturated heterocycles. The minimum atomic E-state index is -0.708. The van der Waals surface area contributed by atoms with Crippen molar-refractivity contribution in [2.45, 2.75) is 33.2 Å². The molecule has 1 amide bonds. The number of carbonyl (C=O) groups is 2. The van der Waals surface area contributed by atoms with Crippen molar-refractivity contribution in [2.24, 2.45) is 5.92 Å². The molecule has 1 aliphatic rings. The van der Waals surface area contributed by atoms with Crippen LogP contribution in [0.1, 0.15) is 43.0 Å². The third-order valence-corrected chi connectivity index (χ3v) is 6.22. The van der Waals surface area contributed by atoms with Crippen LogP contribution in [0, 0.1) is 12.8 Å². The van der Waals surface area contributed by atoms with Gasteiger partial charge in [0.25, 0.3) is 11.7 Å². The summed E-state index contributed by atoms with van der Waals surface area (Å²) in [4.78, 5) is 31.1. The molecule has 2 heterocycles. The smallest absolute Gasteiger partial charge is 0.295 e. The van der Waals surface area contributed by atoms with E-state index >= 15 is 0 Å². The summed E-state index contributed by atoms with van der Waals surface area (Å²) in [5, 5.41) is 12.3. The lowest BCUT2D eigenvalue weighted by atomic mass is 9.94. The first-order valence-corrected chi connectivity index (χ1v) is 11.9. The molecular formula is C28H32N2O5. The van der Waals surface area contributed by atoms with Crippen LogP contribution in [0.4, 0.5) is 0 Å². The van der Waals surface area contributed by atoms with E-state index in [0.29, 0.717) is 37.7 Å². The summed E-state index contributed by atoms with van der Waals surface area (Å²) in [5.74, 6) is -0.387. The largest absolute Gasteiger partial charge is 0.507 e. The van der Waals surface area contributed by atoms with E-state index in [0.717, 1.165) is 27.8 Å². The fourth-order valence-electron chi connectivity index (χ4n) is 4.50. The van der Waals surface area contributed by atoms with Crippen LogP contribution >= 0.6 is 0 Å². The summed E-state index contributed by atoms with van der Waals surface area (Å²) in [6.45, 7) is 7.42. The molecule has 0 saturated carbocycles. The number of nitrogens with one attached hydrogen (secondary N) is 1. The highest BCUT2D eigenvalue weighted by atomic mass is 16.5. The maximum Gasteiger partial charge on any atom is 0.295 e. The standard InChI is InChI=1S/C28H32N2O5/c1-17(2)16-35-23-11-10-19(14-18(23)3)26(31)24-25(21-15-29-22-9-6-5-8-20(21)22)30(12-7-13-34-4)28(33)27(24)32/h5-6,8-11,14-15,17,25,29,31H,7,12-13,16H2,1-4H3/b26-24+. The van der Waals surface area contributed by atoms with Crippen molar-refractivity contribution in [1.82, 2.24) is 9.88 Å². The van der Waals surface area contributed by atoms with E-state index < -0.39 is 17.7 Å². The molecule has 4 rings (SSSR count). The van der Waals surface area contributed by atoms with Crippen LogP contribution in [0.5, 0.6) is 5.75 Å². The molecule has 0 aliphatic carbocycles. The summed E-state index contributed by atoms with van der Waals surface area (Å²) in [5.41, 5.74) is 3.07. The number of aliphatic hydroxyl groups is 1. The Morgan fingerprint density at radius 1 is 1.17 bits per heavy atom. The van der Waals surface area contributed by atoms with Crippen LogP contribution in [0.25, 0.3) is 16.7 Å². The Hall–Kier alpha value is -3.58. The number of hydrogen-bond donors (Lipinski definition) is 2. The van der Waals surface area contributed by atoms with Gasteiger partial charge in [0.1, 0.15) is 11.5 Å². The maximum atomic E-state index is 13.3. The number of benzene rings is 2. The van der Waals surface area contributed by atoms with Crippen molar-refractivity contribution >= 4 is 28.4 Å². The number of ether oxygens (including phenoxy) is 2. The number of carbonyl (C=O) groups excluding carboxylic acids is 2. The van der Waals surface area contributed by atoms with Crippen molar-refractivity contribution in [1.29, 1.82) is 0 Å². The fraction of sp³-hybridized carbons (Fsp3) is 0.357. The molecule has 184 valence electrons. The Morgan fingerprint density at radius 3 is 2.66 bits per heavy atom. The van der Waals surface area contributed by atoms with Crippen LogP contribution in [0.3, 0.4) is 0 Å². The molecule has 1 aromatic heterocycles. The number of para-hydroxylation sites is 1. The van der Waals surface area contributed by atoms with Gasteiger partial charge in [0.2, 0.25) is 0 Å². The number of Topliss-reactive ketones (excluding diaryl/α,β-unsaturated/α-hetero) is 1. The second kappa shape index (κ2) is 10.4. The molecule has 0 bridgehead atoms. The average Bonchev–Trinajstić information content (AvgIpc) is 3.37. The maximum absolute atomic E-state index is 13.3. The van der Waals surface area contributed by atoms with Crippen molar-refractivity contribution in [3.63, 3.8) is 0 Å². The summed E-state index contributed by atoms with van der Waals surface area (Å²) >= 11 is 0. The molecule has 0 spiro atoms. The van der Waals surface area contributed by atoms with E-state index in [9.17, 15) is 14.7 Å². The summed E-state index contributed by atoms with van der Waals surface area (Å²) in [7, 11) is 1.60. The molecular weight excluding hydrogens is 444 g/mol. The minimum Gasteiger partial charge on any atom is -0.507 e. The number of aromatic amines is 1. The Labute approximate surface area is 205 Å². The van der Waals surface area contributed by atoms with Gasteiger partial charge >= 0.3 is 0 Å². The van der Waals surface area contributed by atoms with E-state index in [1.807, 2.05) is 37.4 Å². The molecule has 2 N–H and O–H groups in total. The molecule has 1 atom stereocenters. The Kier molecular flexibility index (Phi) is 7.26. The molecule has 1 unspecified atom stereocenters. The first kappa shape index (κ1) is 24.5. The lowest BCUT2D eigenvalue weighted by Crippen LogP contribution is -2.31. The second-order valence-electron chi connectivity index (χ2n) is 9.31. The van der Waals surface area contributed by atoms with Crippen LogP contribution < -0.4 is 4.74 Å². The zero-order chi connectivity index (χ0) is 25.1. The number of amides is 1. The van der Waals surface area contributed by atoms with Gasteiger partial charge < -0.3 is 24.5 Å². The predicted molar refractivity (Wildman–Crippen MR) is 135 cm³/mol. The van der Waals surface area contributed by atoms with Gasteiger partial charge in [-0.05, 0) is 49.1 Å². The first-order valence-electron chi connectivity index (χ1n) is 11.9. The number of aliphatic hydroxyl groups excluding tert-OH is 1. The van der Waals surface area contributed by atoms with Crippen LogP contribution in [0.15, 0.2) is 54.2 Å². The number of hydrogen-bond acceptors (Lipinski definition) is 5. The van der Waals surface area contributed by atoms with Gasteiger partial charge in [0.15, 0.2) is 0 Å². The fourth-order valence-corrected chi connectivity index (χ4v) is 4.50. The Balaban J connectivity index is 1.80. The molecule has 1 fully saturated rings. The molecule has 0 radical (unpaired) electrons. The Morgan fingerprint density at radius 2 is 1.94 bits per heavy atom. The van der Waals surface area contributed by atoms with Gasteiger partial charge in [-0.2, -0.15) is 0 Å². The predicted octanol–water partition coefficient (Wildman–Crippen LogP) is 4.97. The van der Waals surface area contributed by atoms with Gasteiger partial charge in [-0.15, -0.1) is 0 Å². The number of ketones is 1. The highest BCUT2D eigenvalue weighted by Gasteiger charge is 2.46.